The van der Waals surface area contributed by atoms with E-state index in [1.165, 1.54) is 5.01 Å². The van der Waals surface area contributed by atoms with E-state index in [1.807, 2.05) is 26.8 Å². The second-order valence-corrected chi connectivity index (χ2v) is 4.80. The highest BCUT2D eigenvalue weighted by Crippen LogP contribution is 2.28. The molecule has 0 atom stereocenters. The van der Waals surface area contributed by atoms with E-state index in [0.717, 1.165) is 36.0 Å². The van der Waals surface area contributed by atoms with Crippen LogP contribution in [0.15, 0.2) is 40.2 Å². The van der Waals surface area contributed by atoms with E-state index < -0.39 is 0 Å². The van der Waals surface area contributed by atoms with Gasteiger partial charge in [-0.15, -0.1) is 0 Å². The lowest BCUT2D eigenvalue weighted by Gasteiger charge is -2.16. The highest BCUT2D eigenvalue weighted by molar-refractivity contribution is 6.24. The van der Waals surface area contributed by atoms with Gasteiger partial charge in [0.25, 0.3) is 5.91 Å². The molecule has 5 nitrogen and oxygen atoms in total. The zero-order chi connectivity index (χ0) is 14.9. The molecule has 0 saturated carbocycles. The van der Waals surface area contributed by atoms with Gasteiger partial charge in [-0.05, 0) is 39.3 Å². The third kappa shape index (κ3) is 2.35. The summed E-state index contributed by atoms with van der Waals surface area (Å²) in [5, 5.41) is 5.60. The van der Waals surface area contributed by atoms with Crippen LogP contribution in [-0.2, 0) is 9.53 Å². The predicted octanol–water partition coefficient (Wildman–Crippen LogP) is 2.60. The molecule has 2 heterocycles. The van der Waals surface area contributed by atoms with Gasteiger partial charge in [-0.1, -0.05) is 6.92 Å². The quantitative estimate of drug-likeness (QED) is 0.744. The van der Waals surface area contributed by atoms with Crippen molar-refractivity contribution < 1.29 is 9.53 Å². The van der Waals surface area contributed by atoms with Crippen molar-refractivity contribution in [3.05, 3.63) is 35.1 Å². The summed E-state index contributed by atoms with van der Waals surface area (Å²) < 4.78 is 5.73. The van der Waals surface area contributed by atoms with Crippen molar-refractivity contribution in [2.24, 2.45) is 5.10 Å². The largest absolute Gasteiger partial charge is 0.444 e. The van der Waals surface area contributed by atoms with Crippen LogP contribution in [0.1, 0.15) is 34.1 Å². The first-order chi connectivity index (χ1) is 9.49. The lowest BCUT2D eigenvalue weighted by Crippen LogP contribution is -2.17. The van der Waals surface area contributed by atoms with Crippen molar-refractivity contribution >= 4 is 11.6 Å². The van der Waals surface area contributed by atoms with Gasteiger partial charge in [-0.3, -0.25) is 4.79 Å². The standard InChI is InChI=1S/C15H21N3O2/c1-6-13-12(15(19)17(5)16-13)8-9-14-18(7-2)10(3)11(4)20-14/h8-9H,6-7H2,1-5H3/b12-8+,14-9+. The van der Waals surface area contributed by atoms with Crippen molar-refractivity contribution in [1.29, 1.82) is 0 Å². The fourth-order valence-electron chi connectivity index (χ4n) is 2.32. The van der Waals surface area contributed by atoms with Crippen LogP contribution in [0, 0.1) is 0 Å². The van der Waals surface area contributed by atoms with Crippen LogP contribution in [0.4, 0.5) is 0 Å². The molecule has 2 rings (SSSR count). The molecule has 5 heteroatoms. The fraction of sp³-hybridized carbons (Fsp3) is 0.467. The minimum Gasteiger partial charge on any atom is -0.444 e. The SMILES string of the molecule is CCC1=NN(C)C(=O)/C1=C/C=C1/OC(C)=C(C)N1CC. The molecule has 2 aliphatic rings. The predicted molar refractivity (Wildman–Crippen MR) is 78.5 cm³/mol. The molecule has 0 aromatic rings. The van der Waals surface area contributed by atoms with Crippen molar-refractivity contribution in [2.45, 2.75) is 34.1 Å². The third-order valence-corrected chi connectivity index (χ3v) is 3.59. The van der Waals surface area contributed by atoms with Crippen LogP contribution in [-0.4, -0.2) is 35.1 Å². The Balaban J connectivity index is 2.27. The summed E-state index contributed by atoms with van der Waals surface area (Å²) in [5.74, 6) is 1.59. The van der Waals surface area contributed by atoms with Gasteiger partial charge >= 0.3 is 0 Å². The molecule has 0 aliphatic carbocycles. The van der Waals surface area contributed by atoms with E-state index in [1.54, 1.807) is 13.1 Å². The van der Waals surface area contributed by atoms with Crippen LogP contribution in [0.3, 0.4) is 0 Å². The number of hydrogen-bond acceptors (Lipinski definition) is 4. The van der Waals surface area contributed by atoms with E-state index in [9.17, 15) is 4.79 Å². The van der Waals surface area contributed by atoms with Gasteiger partial charge in [0.2, 0.25) is 0 Å². The molecule has 0 fully saturated rings. The fourth-order valence-corrected chi connectivity index (χ4v) is 2.32. The Morgan fingerprint density at radius 1 is 1.25 bits per heavy atom. The molecule has 2 aliphatic heterocycles. The number of hydrogen-bond donors (Lipinski definition) is 0. The maximum Gasteiger partial charge on any atom is 0.275 e. The zero-order valence-corrected chi connectivity index (χ0v) is 12.7. The number of ether oxygens (including phenoxy) is 1. The van der Waals surface area contributed by atoms with Crippen LogP contribution in [0.5, 0.6) is 0 Å². The molecule has 20 heavy (non-hydrogen) atoms. The molecule has 0 radical (unpaired) electrons. The number of rotatable bonds is 3. The van der Waals surface area contributed by atoms with E-state index in [-0.39, 0.29) is 5.91 Å². The minimum absolute atomic E-state index is 0.0684. The van der Waals surface area contributed by atoms with Gasteiger partial charge in [-0.25, -0.2) is 5.01 Å². The number of carbonyl (C=O) groups excluding carboxylic acids is 1. The number of hydrazone groups is 1. The molecule has 0 spiro atoms. The summed E-state index contributed by atoms with van der Waals surface area (Å²) >= 11 is 0. The Morgan fingerprint density at radius 2 is 1.95 bits per heavy atom. The van der Waals surface area contributed by atoms with Crippen molar-refractivity contribution in [3.8, 4) is 0 Å². The number of likely N-dealkylation sites (N-methyl/N-ethyl adjacent to an activating group) is 1. The number of nitrogens with zero attached hydrogens (tertiary/aromatic N) is 3. The molecule has 0 N–H and O–H groups in total. The average Bonchev–Trinajstić information content (AvgIpc) is 2.86. The maximum absolute atomic E-state index is 12.0. The van der Waals surface area contributed by atoms with Gasteiger partial charge in [-0.2, -0.15) is 5.10 Å². The summed E-state index contributed by atoms with van der Waals surface area (Å²) in [4.78, 5) is 14.1. The molecule has 0 aromatic heterocycles. The number of carbonyl (C=O) groups is 1. The van der Waals surface area contributed by atoms with Gasteiger partial charge < -0.3 is 9.64 Å². The Hall–Kier alpha value is -2.04. The average molecular weight is 275 g/mol. The summed E-state index contributed by atoms with van der Waals surface area (Å²) in [6.07, 6.45) is 4.39. The Kier molecular flexibility index (Phi) is 3.97. The molecule has 1 amide bonds. The monoisotopic (exact) mass is 275 g/mol. The lowest BCUT2D eigenvalue weighted by molar-refractivity contribution is -0.124. The topological polar surface area (TPSA) is 45.1 Å². The molecular weight excluding hydrogens is 254 g/mol. The first kappa shape index (κ1) is 14.4. The van der Waals surface area contributed by atoms with Crippen LogP contribution >= 0.6 is 0 Å². The highest BCUT2D eigenvalue weighted by Gasteiger charge is 2.26. The van der Waals surface area contributed by atoms with Crippen molar-refractivity contribution in [1.82, 2.24) is 9.91 Å². The van der Waals surface area contributed by atoms with Crippen molar-refractivity contribution in [2.75, 3.05) is 13.6 Å². The van der Waals surface area contributed by atoms with Crippen LogP contribution in [0.25, 0.3) is 0 Å². The van der Waals surface area contributed by atoms with E-state index >= 15 is 0 Å². The molecule has 0 bridgehead atoms. The molecule has 0 aromatic carbocycles. The smallest absolute Gasteiger partial charge is 0.275 e. The first-order valence-corrected chi connectivity index (χ1v) is 6.90. The second kappa shape index (κ2) is 5.53. The minimum atomic E-state index is -0.0684. The molecule has 0 unspecified atom stereocenters. The molecule has 0 saturated heterocycles. The Labute approximate surface area is 119 Å². The van der Waals surface area contributed by atoms with E-state index in [0.29, 0.717) is 5.57 Å². The third-order valence-electron chi connectivity index (χ3n) is 3.59. The summed E-state index contributed by atoms with van der Waals surface area (Å²) in [6.45, 7) is 8.87. The van der Waals surface area contributed by atoms with Crippen LogP contribution in [0.2, 0.25) is 0 Å². The van der Waals surface area contributed by atoms with E-state index in [2.05, 4.69) is 16.9 Å². The summed E-state index contributed by atoms with van der Waals surface area (Å²) in [7, 11) is 1.67. The van der Waals surface area contributed by atoms with Gasteiger partial charge in [0, 0.05) is 13.6 Å². The van der Waals surface area contributed by atoms with Crippen LogP contribution < -0.4 is 0 Å². The van der Waals surface area contributed by atoms with Crippen molar-refractivity contribution in [3.63, 3.8) is 0 Å². The normalized spacial score (nSPS) is 23.2. The molecule has 108 valence electrons. The Bertz CT molecular complexity index is 555. The second-order valence-electron chi connectivity index (χ2n) is 4.80. The number of amides is 1. The van der Waals surface area contributed by atoms with Gasteiger partial charge in [0.1, 0.15) is 5.76 Å². The maximum atomic E-state index is 12.0. The lowest BCUT2D eigenvalue weighted by atomic mass is 10.1. The Morgan fingerprint density at radius 3 is 2.55 bits per heavy atom. The first-order valence-electron chi connectivity index (χ1n) is 6.90. The number of allylic oxidation sites excluding steroid dienone is 4. The van der Waals surface area contributed by atoms with E-state index in [4.69, 9.17) is 4.74 Å². The van der Waals surface area contributed by atoms with Gasteiger partial charge in [0.15, 0.2) is 5.88 Å². The zero-order valence-electron chi connectivity index (χ0n) is 12.7. The highest BCUT2D eigenvalue weighted by atomic mass is 16.5. The molecular formula is C15H21N3O2. The summed E-state index contributed by atoms with van der Waals surface area (Å²) in [5.41, 5.74) is 2.57. The summed E-state index contributed by atoms with van der Waals surface area (Å²) in [6, 6.07) is 0. The van der Waals surface area contributed by atoms with Gasteiger partial charge in [0.05, 0.1) is 17.0 Å².